The van der Waals surface area contributed by atoms with Crippen molar-refractivity contribution in [2.24, 2.45) is 11.8 Å². The van der Waals surface area contributed by atoms with Gasteiger partial charge in [0.15, 0.2) is 23.0 Å². The largest absolute Gasteiger partial charge is 0.504 e. The Balaban J connectivity index is 1.97. The van der Waals surface area contributed by atoms with Gasteiger partial charge in [0.1, 0.15) is 0 Å². The Morgan fingerprint density at radius 1 is 0.964 bits per heavy atom. The fourth-order valence-corrected chi connectivity index (χ4v) is 4.48. The van der Waals surface area contributed by atoms with Crippen molar-refractivity contribution in [3.63, 3.8) is 0 Å². The maximum atomic E-state index is 12.6. The van der Waals surface area contributed by atoms with Crippen molar-refractivity contribution in [2.75, 3.05) is 27.9 Å². The van der Waals surface area contributed by atoms with Crippen LogP contribution >= 0.6 is 0 Å². The molecule has 0 spiro atoms. The van der Waals surface area contributed by atoms with Gasteiger partial charge in [-0.05, 0) is 35.7 Å². The highest BCUT2D eigenvalue weighted by atomic mass is 16.5. The number of hydrogen-bond donors (Lipinski definition) is 2. The number of rotatable bonds is 4. The Labute approximate surface area is 162 Å². The number of fused-ring (bicyclic) bond motifs is 2. The molecule has 1 aliphatic heterocycles. The molecular formula is C21H22O7. The second-order valence-corrected chi connectivity index (χ2v) is 7.06. The van der Waals surface area contributed by atoms with Crippen LogP contribution in [0.4, 0.5) is 0 Å². The molecule has 0 saturated carbocycles. The number of cyclic esters (lactones) is 1. The van der Waals surface area contributed by atoms with Gasteiger partial charge in [-0.2, -0.15) is 0 Å². The number of ether oxygens (including phenoxy) is 4. The molecule has 2 aliphatic rings. The number of benzene rings is 2. The maximum Gasteiger partial charge on any atom is 0.310 e. The van der Waals surface area contributed by atoms with Crippen molar-refractivity contribution < 1.29 is 34.0 Å². The fourth-order valence-electron chi connectivity index (χ4n) is 4.48. The summed E-state index contributed by atoms with van der Waals surface area (Å²) in [4.78, 5) is 12.6. The van der Waals surface area contributed by atoms with Gasteiger partial charge in [0.2, 0.25) is 5.75 Å². The Kier molecular flexibility index (Phi) is 4.45. The Bertz CT molecular complexity index is 937. The Hall–Kier alpha value is -3.09. The summed E-state index contributed by atoms with van der Waals surface area (Å²) in [6.07, 6.45) is 0.589. The van der Waals surface area contributed by atoms with Gasteiger partial charge in [-0.25, -0.2) is 0 Å². The second-order valence-electron chi connectivity index (χ2n) is 7.06. The lowest BCUT2D eigenvalue weighted by atomic mass is 9.67. The van der Waals surface area contributed by atoms with Crippen molar-refractivity contribution in [1.29, 1.82) is 0 Å². The lowest BCUT2D eigenvalue weighted by Gasteiger charge is -2.34. The number of aromatic hydroxyl groups is 2. The molecule has 0 unspecified atom stereocenters. The highest BCUT2D eigenvalue weighted by Gasteiger charge is 2.48. The molecule has 7 heteroatoms. The molecule has 2 N–H and O–H groups in total. The van der Waals surface area contributed by atoms with Crippen molar-refractivity contribution in [1.82, 2.24) is 0 Å². The van der Waals surface area contributed by atoms with E-state index in [-0.39, 0.29) is 23.4 Å². The smallest absolute Gasteiger partial charge is 0.310 e. The number of hydrogen-bond acceptors (Lipinski definition) is 7. The number of carbonyl (C=O) groups excluding carboxylic acids is 1. The molecule has 0 amide bonds. The Morgan fingerprint density at radius 3 is 2.36 bits per heavy atom. The third-order valence-corrected chi connectivity index (χ3v) is 5.70. The van der Waals surface area contributed by atoms with Crippen molar-refractivity contribution >= 4 is 5.97 Å². The minimum Gasteiger partial charge on any atom is -0.504 e. The van der Waals surface area contributed by atoms with Gasteiger partial charge >= 0.3 is 5.97 Å². The van der Waals surface area contributed by atoms with Crippen molar-refractivity contribution in [2.45, 2.75) is 12.3 Å². The first-order valence-corrected chi connectivity index (χ1v) is 9.00. The van der Waals surface area contributed by atoms with Crippen LogP contribution in [0.15, 0.2) is 24.3 Å². The summed E-state index contributed by atoms with van der Waals surface area (Å²) < 4.78 is 21.9. The zero-order chi connectivity index (χ0) is 20.0. The third-order valence-electron chi connectivity index (χ3n) is 5.70. The number of carbonyl (C=O) groups is 1. The molecule has 2 aromatic carbocycles. The van der Waals surface area contributed by atoms with E-state index in [1.807, 2.05) is 6.07 Å². The van der Waals surface area contributed by atoms with Gasteiger partial charge in [-0.15, -0.1) is 0 Å². The summed E-state index contributed by atoms with van der Waals surface area (Å²) >= 11 is 0. The first-order chi connectivity index (χ1) is 13.5. The highest BCUT2D eigenvalue weighted by molar-refractivity contribution is 5.79. The molecule has 1 saturated heterocycles. The predicted octanol–water partition coefficient (Wildman–Crippen LogP) is 2.60. The molecule has 7 nitrogen and oxygen atoms in total. The van der Waals surface area contributed by atoms with E-state index in [2.05, 4.69) is 0 Å². The van der Waals surface area contributed by atoms with Crippen LogP contribution in [-0.2, 0) is 16.0 Å². The summed E-state index contributed by atoms with van der Waals surface area (Å²) in [6, 6.07) is 6.68. The molecule has 4 rings (SSSR count). The second kappa shape index (κ2) is 6.82. The highest BCUT2D eigenvalue weighted by Crippen LogP contribution is 2.53. The molecule has 2 aromatic rings. The lowest BCUT2D eigenvalue weighted by Crippen LogP contribution is -2.31. The molecule has 0 radical (unpaired) electrons. The van der Waals surface area contributed by atoms with Crippen LogP contribution in [-0.4, -0.2) is 44.1 Å². The monoisotopic (exact) mass is 386 g/mol. The van der Waals surface area contributed by atoms with Crippen LogP contribution in [0.25, 0.3) is 0 Å². The van der Waals surface area contributed by atoms with Gasteiger partial charge in [-0.1, -0.05) is 6.07 Å². The van der Waals surface area contributed by atoms with Crippen LogP contribution in [0.5, 0.6) is 28.7 Å². The number of phenols is 2. The van der Waals surface area contributed by atoms with Gasteiger partial charge in [0.25, 0.3) is 0 Å². The molecule has 148 valence electrons. The van der Waals surface area contributed by atoms with Gasteiger partial charge < -0.3 is 29.2 Å². The molecule has 1 heterocycles. The molecule has 28 heavy (non-hydrogen) atoms. The SMILES string of the molecule is COc1ccc([C@@H]2c3cc(O)c(O)cc3C[C@H]3COC(=O)[C@@H]32)c(OC)c1OC. The fraction of sp³-hybridized carbons (Fsp3) is 0.381. The van der Waals surface area contributed by atoms with E-state index in [1.165, 1.54) is 27.4 Å². The predicted molar refractivity (Wildman–Crippen MR) is 99.4 cm³/mol. The van der Waals surface area contributed by atoms with E-state index in [9.17, 15) is 15.0 Å². The lowest BCUT2D eigenvalue weighted by molar-refractivity contribution is -0.141. The zero-order valence-electron chi connectivity index (χ0n) is 15.9. The summed E-state index contributed by atoms with van der Waals surface area (Å²) in [5.74, 6) is -0.122. The molecule has 0 aromatic heterocycles. The summed E-state index contributed by atoms with van der Waals surface area (Å²) in [7, 11) is 4.59. The molecular weight excluding hydrogens is 364 g/mol. The summed E-state index contributed by atoms with van der Waals surface area (Å²) in [6.45, 7) is 0.330. The van der Waals surface area contributed by atoms with Crippen LogP contribution in [0, 0.1) is 11.8 Å². The average molecular weight is 386 g/mol. The van der Waals surface area contributed by atoms with E-state index in [0.717, 1.165) is 16.7 Å². The van der Waals surface area contributed by atoms with Crippen molar-refractivity contribution in [3.05, 3.63) is 41.0 Å². The minimum atomic E-state index is -0.413. The quantitative estimate of drug-likeness (QED) is 0.616. The van der Waals surface area contributed by atoms with Gasteiger partial charge in [-0.3, -0.25) is 4.79 Å². The van der Waals surface area contributed by atoms with E-state index >= 15 is 0 Å². The van der Waals surface area contributed by atoms with E-state index < -0.39 is 11.8 Å². The van der Waals surface area contributed by atoms with E-state index in [0.29, 0.717) is 30.3 Å². The molecule has 1 fully saturated rings. The number of methoxy groups -OCH3 is 3. The number of phenolic OH excluding ortho intramolecular Hbond substituents is 2. The molecule has 3 atom stereocenters. The number of esters is 1. The van der Waals surface area contributed by atoms with Gasteiger partial charge in [0.05, 0.1) is 33.9 Å². The zero-order valence-corrected chi connectivity index (χ0v) is 15.9. The average Bonchev–Trinajstić information content (AvgIpc) is 3.06. The van der Waals surface area contributed by atoms with Crippen LogP contribution in [0.3, 0.4) is 0 Å². The van der Waals surface area contributed by atoms with Crippen LogP contribution < -0.4 is 14.2 Å². The topological polar surface area (TPSA) is 94.5 Å². The first-order valence-electron chi connectivity index (χ1n) is 9.00. The first kappa shape index (κ1) is 18.3. The van der Waals surface area contributed by atoms with E-state index in [4.69, 9.17) is 18.9 Å². The standard InChI is InChI=1S/C21H22O7/c1-25-16-5-4-12(19(26-2)20(16)27-3)18-13-8-15(23)14(22)7-10(13)6-11-9-28-21(24)17(11)18/h4-5,7-8,11,17-18,22-23H,6,9H2,1-3H3/t11-,17-,18+/m0/s1. The van der Waals surface area contributed by atoms with Gasteiger partial charge in [0, 0.05) is 17.4 Å². The van der Waals surface area contributed by atoms with E-state index in [1.54, 1.807) is 12.1 Å². The molecule has 0 bridgehead atoms. The Morgan fingerprint density at radius 2 is 1.68 bits per heavy atom. The maximum absolute atomic E-state index is 12.6. The van der Waals surface area contributed by atoms with Crippen molar-refractivity contribution in [3.8, 4) is 28.7 Å². The molecule has 1 aliphatic carbocycles. The third kappa shape index (κ3) is 2.61. The van der Waals surface area contributed by atoms with Crippen LogP contribution in [0.2, 0.25) is 0 Å². The summed E-state index contributed by atoms with van der Waals surface area (Å²) in [5, 5.41) is 20.1. The normalized spacial score (nSPS) is 22.8. The minimum absolute atomic E-state index is 0.0215. The van der Waals surface area contributed by atoms with Crippen LogP contribution in [0.1, 0.15) is 22.6 Å². The summed E-state index contributed by atoms with van der Waals surface area (Å²) in [5.41, 5.74) is 2.37.